The van der Waals surface area contributed by atoms with Crippen LogP contribution in [-0.2, 0) is 0 Å². The first-order valence-corrected chi connectivity index (χ1v) is 7.19. The van der Waals surface area contributed by atoms with Gasteiger partial charge in [-0.15, -0.1) is 5.10 Å². The number of anilines is 3. The molecule has 8 heteroatoms. The van der Waals surface area contributed by atoms with E-state index < -0.39 is 0 Å². The van der Waals surface area contributed by atoms with Crippen molar-refractivity contribution in [2.45, 2.75) is 0 Å². The molecule has 0 atom stereocenters. The molecule has 0 amide bonds. The van der Waals surface area contributed by atoms with Gasteiger partial charge in [-0.1, -0.05) is 0 Å². The van der Waals surface area contributed by atoms with Crippen molar-refractivity contribution in [1.82, 2.24) is 20.1 Å². The first kappa shape index (κ1) is 16.8. The highest BCUT2D eigenvalue weighted by Crippen LogP contribution is 2.30. The summed E-state index contributed by atoms with van der Waals surface area (Å²) in [6.45, 7) is 1.62. The number of likely N-dealkylation sites (N-methyl/N-ethyl adjacent to an activating group) is 1. The molecule has 0 aliphatic rings. The van der Waals surface area contributed by atoms with Gasteiger partial charge in [-0.3, -0.25) is 0 Å². The lowest BCUT2D eigenvalue weighted by molar-refractivity contribution is 0.405. The fourth-order valence-electron chi connectivity index (χ4n) is 1.88. The minimum absolute atomic E-state index is 0.471. The summed E-state index contributed by atoms with van der Waals surface area (Å²) in [4.78, 5) is 6.46. The lowest BCUT2D eigenvalue weighted by atomic mass is 10.2. The lowest BCUT2D eigenvalue weighted by Gasteiger charge is -2.13. The van der Waals surface area contributed by atoms with Crippen molar-refractivity contribution in [3.63, 3.8) is 0 Å². The Balaban J connectivity index is 2.11. The van der Waals surface area contributed by atoms with E-state index in [1.54, 1.807) is 20.4 Å². The van der Waals surface area contributed by atoms with E-state index in [4.69, 9.17) is 9.47 Å². The van der Waals surface area contributed by atoms with Crippen molar-refractivity contribution in [3.8, 4) is 11.5 Å². The van der Waals surface area contributed by atoms with E-state index in [9.17, 15) is 0 Å². The van der Waals surface area contributed by atoms with Crippen LogP contribution in [0.4, 0.5) is 17.5 Å². The van der Waals surface area contributed by atoms with Crippen molar-refractivity contribution >= 4 is 17.5 Å². The number of aromatic nitrogens is 3. The predicted molar refractivity (Wildman–Crippen MR) is 89.7 cm³/mol. The summed E-state index contributed by atoms with van der Waals surface area (Å²) >= 11 is 0. The van der Waals surface area contributed by atoms with Crippen LogP contribution in [0.2, 0.25) is 0 Å². The molecule has 0 aliphatic carbocycles. The molecule has 0 saturated heterocycles. The Morgan fingerprint density at radius 3 is 2.70 bits per heavy atom. The molecular weight excluding hydrogens is 296 g/mol. The average Bonchev–Trinajstić information content (AvgIpc) is 2.55. The van der Waals surface area contributed by atoms with Gasteiger partial charge in [-0.05, 0) is 26.2 Å². The topological polar surface area (TPSA) is 84.4 Å². The summed E-state index contributed by atoms with van der Waals surface area (Å²) in [5.74, 6) is 2.45. The van der Waals surface area contributed by atoms with E-state index in [-0.39, 0.29) is 0 Å². The molecule has 0 bridgehead atoms. The van der Waals surface area contributed by atoms with Crippen LogP contribution in [0.15, 0.2) is 24.4 Å². The van der Waals surface area contributed by atoms with Crippen molar-refractivity contribution in [1.29, 1.82) is 0 Å². The maximum absolute atomic E-state index is 5.34. The van der Waals surface area contributed by atoms with Gasteiger partial charge in [0.15, 0.2) is 5.82 Å². The second-order valence-electron chi connectivity index (χ2n) is 5.09. The maximum Gasteiger partial charge on any atom is 0.244 e. The zero-order chi connectivity index (χ0) is 16.7. The number of nitrogens with zero attached hydrogens (tertiary/aromatic N) is 4. The molecule has 0 radical (unpaired) electrons. The van der Waals surface area contributed by atoms with Crippen LogP contribution >= 0.6 is 0 Å². The monoisotopic (exact) mass is 318 g/mol. The van der Waals surface area contributed by atoms with Crippen LogP contribution in [0.1, 0.15) is 0 Å². The summed E-state index contributed by atoms with van der Waals surface area (Å²) < 4.78 is 10.6. The molecule has 8 nitrogen and oxygen atoms in total. The van der Waals surface area contributed by atoms with Crippen molar-refractivity contribution < 1.29 is 9.47 Å². The molecular formula is C15H22N6O2. The Kier molecular flexibility index (Phi) is 5.93. The van der Waals surface area contributed by atoms with E-state index in [0.29, 0.717) is 17.5 Å². The maximum atomic E-state index is 5.34. The molecule has 2 N–H and O–H groups in total. The Morgan fingerprint density at radius 1 is 1.17 bits per heavy atom. The van der Waals surface area contributed by atoms with E-state index in [0.717, 1.165) is 24.5 Å². The van der Waals surface area contributed by atoms with E-state index in [1.807, 2.05) is 32.3 Å². The third-order valence-electron chi connectivity index (χ3n) is 3.07. The number of hydrogen-bond acceptors (Lipinski definition) is 8. The fraction of sp³-hybridized carbons (Fsp3) is 0.400. The molecule has 1 aromatic heterocycles. The summed E-state index contributed by atoms with van der Waals surface area (Å²) in [7, 11) is 7.24. The van der Waals surface area contributed by atoms with Gasteiger partial charge in [0, 0.05) is 19.2 Å². The third-order valence-corrected chi connectivity index (χ3v) is 3.07. The second kappa shape index (κ2) is 8.14. The molecule has 124 valence electrons. The summed E-state index contributed by atoms with van der Waals surface area (Å²) in [6.07, 6.45) is 1.55. The smallest absolute Gasteiger partial charge is 0.244 e. The Hall–Kier alpha value is -2.61. The molecule has 2 aromatic rings. The van der Waals surface area contributed by atoms with Crippen LogP contribution < -0.4 is 20.1 Å². The van der Waals surface area contributed by atoms with Crippen LogP contribution in [0.25, 0.3) is 0 Å². The van der Waals surface area contributed by atoms with Crippen LogP contribution in [0.5, 0.6) is 11.5 Å². The van der Waals surface area contributed by atoms with Crippen molar-refractivity contribution in [2.75, 3.05) is 52.0 Å². The van der Waals surface area contributed by atoms with Gasteiger partial charge in [0.05, 0.1) is 26.1 Å². The van der Waals surface area contributed by atoms with Crippen LogP contribution in [-0.4, -0.2) is 61.5 Å². The quantitative estimate of drug-likeness (QED) is 0.759. The summed E-state index contributed by atoms with van der Waals surface area (Å²) in [5.41, 5.74) is 0.742. The first-order chi connectivity index (χ1) is 11.1. The number of rotatable bonds is 8. The van der Waals surface area contributed by atoms with E-state index in [2.05, 4.69) is 30.7 Å². The molecule has 0 saturated carbocycles. The number of hydrogen-bond donors (Lipinski definition) is 2. The zero-order valence-electron chi connectivity index (χ0n) is 13.8. The first-order valence-electron chi connectivity index (χ1n) is 7.19. The number of nitrogens with one attached hydrogen (secondary N) is 2. The van der Waals surface area contributed by atoms with Gasteiger partial charge in [-0.2, -0.15) is 10.1 Å². The zero-order valence-corrected chi connectivity index (χ0v) is 13.8. The Bertz CT molecular complexity index is 635. The van der Waals surface area contributed by atoms with Gasteiger partial charge in [0.25, 0.3) is 0 Å². The molecule has 23 heavy (non-hydrogen) atoms. The Morgan fingerprint density at radius 2 is 2.00 bits per heavy atom. The highest BCUT2D eigenvalue weighted by molar-refractivity contribution is 5.66. The van der Waals surface area contributed by atoms with Gasteiger partial charge in [0.1, 0.15) is 11.5 Å². The van der Waals surface area contributed by atoms with Gasteiger partial charge in [0.2, 0.25) is 5.95 Å². The van der Waals surface area contributed by atoms with Gasteiger partial charge >= 0.3 is 0 Å². The molecule has 2 rings (SSSR count). The van der Waals surface area contributed by atoms with Crippen molar-refractivity contribution in [3.05, 3.63) is 24.4 Å². The third kappa shape index (κ3) is 4.96. The second-order valence-corrected chi connectivity index (χ2v) is 5.09. The normalized spacial score (nSPS) is 10.5. The lowest BCUT2D eigenvalue weighted by Crippen LogP contribution is -2.21. The molecule has 1 heterocycles. The number of benzene rings is 1. The molecule has 0 aliphatic heterocycles. The van der Waals surface area contributed by atoms with E-state index in [1.165, 1.54) is 0 Å². The summed E-state index contributed by atoms with van der Waals surface area (Å²) in [6, 6.07) is 5.49. The fourth-order valence-corrected chi connectivity index (χ4v) is 1.88. The standard InChI is InChI=1S/C15H22N6O2/c1-21(2)8-7-16-15-19-14(10-17-20-15)18-12-9-11(22-3)5-6-13(12)23-4/h5-6,9-10H,7-8H2,1-4H3,(H2,16,18,19,20). The highest BCUT2D eigenvalue weighted by Gasteiger charge is 2.07. The van der Waals surface area contributed by atoms with Crippen LogP contribution in [0.3, 0.4) is 0 Å². The van der Waals surface area contributed by atoms with Gasteiger partial charge in [-0.25, -0.2) is 0 Å². The van der Waals surface area contributed by atoms with E-state index >= 15 is 0 Å². The molecule has 0 fully saturated rings. The van der Waals surface area contributed by atoms with Crippen molar-refractivity contribution in [2.24, 2.45) is 0 Å². The highest BCUT2D eigenvalue weighted by atomic mass is 16.5. The largest absolute Gasteiger partial charge is 0.497 e. The summed E-state index contributed by atoms with van der Waals surface area (Å²) in [5, 5.41) is 14.2. The van der Waals surface area contributed by atoms with Crippen LogP contribution in [0, 0.1) is 0 Å². The molecule has 1 aromatic carbocycles. The number of ether oxygens (including phenoxy) is 2. The minimum Gasteiger partial charge on any atom is -0.497 e. The Labute approximate surface area is 135 Å². The van der Waals surface area contributed by atoms with Gasteiger partial charge < -0.3 is 25.0 Å². The number of methoxy groups -OCH3 is 2. The minimum atomic E-state index is 0.471. The predicted octanol–water partition coefficient (Wildman–Crippen LogP) is 1.61. The average molecular weight is 318 g/mol. The molecule has 0 unspecified atom stereocenters. The SMILES string of the molecule is COc1ccc(OC)c(Nc2cnnc(NCCN(C)C)n2)c1. The molecule has 0 spiro atoms.